The Morgan fingerprint density at radius 1 is 1.12 bits per heavy atom. The van der Waals surface area contributed by atoms with Crippen LogP contribution in [0.5, 0.6) is 0 Å². The molecule has 2 aromatic carbocycles. The zero-order valence-corrected chi connectivity index (χ0v) is 13.8. The fraction of sp³-hybridized carbons (Fsp3) is 0.222. The molecule has 0 saturated carbocycles. The minimum atomic E-state index is -0.458. The van der Waals surface area contributed by atoms with Crippen LogP contribution in [0, 0.1) is 0 Å². The second-order valence-electron chi connectivity index (χ2n) is 5.37. The predicted molar refractivity (Wildman–Crippen MR) is 93.2 cm³/mol. The molecule has 0 unspecified atom stereocenters. The van der Waals surface area contributed by atoms with Gasteiger partial charge in [-0.25, -0.2) is 9.48 Å². The van der Waals surface area contributed by atoms with Crippen molar-refractivity contribution in [3.8, 4) is 0 Å². The Morgan fingerprint density at radius 2 is 1.88 bits per heavy atom. The number of hydrogen-bond acceptors (Lipinski definition) is 5. The summed E-state index contributed by atoms with van der Waals surface area (Å²) >= 11 is 0. The fourth-order valence-corrected chi connectivity index (χ4v) is 2.48. The summed E-state index contributed by atoms with van der Waals surface area (Å²) in [5, 5.41) is 10.9. The highest BCUT2D eigenvalue weighted by Gasteiger charge is 2.14. The largest absolute Gasteiger partial charge is 0.462 e. The molecule has 3 rings (SSSR count). The van der Waals surface area contributed by atoms with Gasteiger partial charge >= 0.3 is 5.97 Å². The molecule has 0 radical (unpaired) electrons. The number of hydrogen-bond donors (Lipinski definition) is 1. The smallest absolute Gasteiger partial charge is 0.340 e. The van der Waals surface area contributed by atoms with E-state index < -0.39 is 5.97 Å². The van der Waals surface area contributed by atoms with E-state index in [2.05, 4.69) is 15.6 Å². The van der Waals surface area contributed by atoms with Crippen LogP contribution in [0.4, 0.5) is 5.69 Å². The van der Waals surface area contributed by atoms with Crippen LogP contribution < -0.4 is 5.32 Å². The Morgan fingerprint density at radius 3 is 2.72 bits per heavy atom. The molecule has 0 aliphatic heterocycles. The lowest BCUT2D eigenvalue weighted by molar-refractivity contribution is -0.116. The van der Waals surface area contributed by atoms with E-state index in [0.717, 1.165) is 11.0 Å². The fourth-order valence-electron chi connectivity index (χ4n) is 2.48. The van der Waals surface area contributed by atoms with Gasteiger partial charge in [-0.1, -0.05) is 29.5 Å². The molecule has 0 aliphatic carbocycles. The first kappa shape index (κ1) is 16.6. The lowest BCUT2D eigenvalue weighted by Gasteiger charge is -2.10. The van der Waals surface area contributed by atoms with Gasteiger partial charge in [0.2, 0.25) is 5.91 Å². The predicted octanol–water partition coefficient (Wildman–Crippen LogP) is 2.64. The molecule has 1 aromatic heterocycles. The highest BCUT2D eigenvalue weighted by Crippen LogP contribution is 2.17. The molecule has 0 spiro atoms. The summed E-state index contributed by atoms with van der Waals surface area (Å²) < 4.78 is 6.69. The molecule has 3 aromatic rings. The number of nitrogens with zero attached hydrogens (tertiary/aromatic N) is 3. The van der Waals surface area contributed by atoms with Crippen molar-refractivity contribution in [2.24, 2.45) is 0 Å². The molecule has 0 bridgehead atoms. The van der Waals surface area contributed by atoms with Gasteiger partial charge in [0.1, 0.15) is 5.52 Å². The quantitative estimate of drug-likeness (QED) is 0.698. The van der Waals surface area contributed by atoms with Crippen molar-refractivity contribution in [2.75, 3.05) is 11.9 Å². The average Bonchev–Trinajstić information content (AvgIpc) is 3.04. The number of fused-ring (bicyclic) bond motifs is 1. The molecule has 0 aliphatic rings. The van der Waals surface area contributed by atoms with Gasteiger partial charge in [-0.15, -0.1) is 5.10 Å². The van der Waals surface area contributed by atoms with E-state index in [1.165, 1.54) is 0 Å². The monoisotopic (exact) mass is 338 g/mol. The molecular formula is C18H18N4O3. The van der Waals surface area contributed by atoms with Crippen molar-refractivity contribution in [3.05, 3.63) is 54.1 Å². The third kappa shape index (κ3) is 3.82. The standard InChI is InChI=1S/C18H18N4O3/c1-2-25-18(24)13-7-3-4-8-14(13)19-17(23)11-12-22-16-10-6-5-9-15(16)20-21-22/h3-10H,2,11-12H2,1H3,(H,19,23). The summed E-state index contributed by atoms with van der Waals surface area (Å²) in [7, 11) is 0. The first-order valence-electron chi connectivity index (χ1n) is 8.03. The SMILES string of the molecule is CCOC(=O)c1ccccc1NC(=O)CCn1nnc2ccccc21. The van der Waals surface area contributed by atoms with Crippen LogP contribution in [0.3, 0.4) is 0 Å². The number of benzene rings is 2. The maximum absolute atomic E-state index is 12.3. The highest BCUT2D eigenvalue weighted by molar-refractivity contribution is 6.01. The Balaban J connectivity index is 1.66. The summed E-state index contributed by atoms with van der Waals surface area (Å²) in [5.41, 5.74) is 2.44. The summed E-state index contributed by atoms with van der Waals surface area (Å²) in [6.45, 7) is 2.41. The van der Waals surface area contributed by atoms with Crippen LogP contribution in [0.1, 0.15) is 23.7 Å². The minimum absolute atomic E-state index is 0.212. The number of aromatic nitrogens is 3. The van der Waals surface area contributed by atoms with Gasteiger partial charge in [0.05, 0.1) is 29.9 Å². The van der Waals surface area contributed by atoms with E-state index >= 15 is 0 Å². The number of amides is 1. The summed E-state index contributed by atoms with van der Waals surface area (Å²) in [6.07, 6.45) is 0.213. The minimum Gasteiger partial charge on any atom is -0.462 e. The van der Waals surface area contributed by atoms with E-state index in [0.29, 0.717) is 17.8 Å². The zero-order valence-electron chi connectivity index (χ0n) is 13.8. The third-order valence-corrected chi connectivity index (χ3v) is 3.67. The van der Waals surface area contributed by atoms with Crippen LogP contribution in [-0.2, 0) is 16.1 Å². The van der Waals surface area contributed by atoms with E-state index in [9.17, 15) is 9.59 Å². The van der Waals surface area contributed by atoms with E-state index in [1.807, 2.05) is 24.3 Å². The third-order valence-electron chi connectivity index (χ3n) is 3.67. The lowest BCUT2D eigenvalue weighted by Crippen LogP contribution is -2.17. The molecular weight excluding hydrogens is 320 g/mol. The Hall–Kier alpha value is -3.22. The maximum atomic E-state index is 12.3. The molecule has 0 fully saturated rings. The Bertz CT molecular complexity index is 904. The van der Waals surface area contributed by atoms with Crippen molar-refractivity contribution in [1.82, 2.24) is 15.0 Å². The van der Waals surface area contributed by atoms with Crippen LogP contribution in [0.25, 0.3) is 11.0 Å². The summed E-state index contributed by atoms with van der Waals surface area (Å²) in [4.78, 5) is 24.2. The molecule has 7 nitrogen and oxygen atoms in total. The number of carbonyl (C=O) groups excluding carboxylic acids is 2. The second-order valence-corrected chi connectivity index (χ2v) is 5.37. The Kier molecular flexibility index (Phi) is 5.03. The van der Waals surface area contributed by atoms with E-state index in [-0.39, 0.29) is 18.9 Å². The van der Waals surface area contributed by atoms with Crippen LogP contribution in [0.2, 0.25) is 0 Å². The number of para-hydroxylation sites is 2. The molecule has 1 N–H and O–H groups in total. The summed E-state index contributed by atoms with van der Waals surface area (Å²) in [6, 6.07) is 14.3. The van der Waals surface area contributed by atoms with Crippen molar-refractivity contribution in [2.45, 2.75) is 19.9 Å². The van der Waals surface area contributed by atoms with E-state index in [4.69, 9.17) is 4.74 Å². The second kappa shape index (κ2) is 7.57. The first-order valence-corrected chi connectivity index (χ1v) is 8.03. The van der Waals surface area contributed by atoms with Crippen molar-refractivity contribution < 1.29 is 14.3 Å². The normalized spacial score (nSPS) is 10.6. The van der Waals surface area contributed by atoms with Gasteiger partial charge in [-0.2, -0.15) is 0 Å². The number of esters is 1. The van der Waals surface area contributed by atoms with E-state index in [1.54, 1.807) is 35.9 Å². The molecule has 0 saturated heterocycles. The van der Waals surface area contributed by atoms with Gasteiger partial charge in [0.15, 0.2) is 0 Å². The molecule has 1 amide bonds. The number of aryl methyl sites for hydroxylation is 1. The molecule has 0 atom stereocenters. The number of anilines is 1. The van der Waals surface area contributed by atoms with Gasteiger partial charge in [0.25, 0.3) is 0 Å². The average molecular weight is 338 g/mol. The van der Waals surface area contributed by atoms with Crippen molar-refractivity contribution in [3.63, 3.8) is 0 Å². The number of ether oxygens (including phenoxy) is 1. The van der Waals surface area contributed by atoms with Crippen LogP contribution in [-0.4, -0.2) is 33.5 Å². The van der Waals surface area contributed by atoms with Gasteiger partial charge in [-0.3, -0.25) is 4.79 Å². The Labute approximate surface area is 144 Å². The van der Waals surface area contributed by atoms with Crippen molar-refractivity contribution >= 4 is 28.6 Å². The number of rotatable bonds is 6. The molecule has 7 heteroatoms. The van der Waals surface area contributed by atoms with Gasteiger partial charge in [0, 0.05) is 6.42 Å². The maximum Gasteiger partial charge on any atom is 0.340 e. The van der Waals surface area contributed by atoms with Crippen LogP contribution in [0.15, 0.2) is 48.5 Å². The zero-order chi connectivity index (χ0) is 17.6. The lowest BCUT2D eigenvalue weighted by atomic mass is 10.1. The molecule has 25 heavy (non-hydrogen) atoms. The van der Waals surface area contributed by atoms with Gasteiger partial charge in [-0.05, 0) is 31.2 Å². The highest BCUT2D eigenvalue weighted by atomic mass is 16.5. The first-order chi connectivity index (χ1) is 12.2. The molecule has 1 heterocycles. The number of carbonyl (C=O) groups is 2. The molecule has 128 valence electrons. The van der Waals surface area contributed by atoms with Crippen LogP contribution >= 0.6 is 0 Å². The topological polar surface area (TPSA) is 86.1 Å². The summed E-state index contributed by atoms with van der Waals surface area (Å²) in [5.74, 6) is -0.669. The number of nitrogens with one attached hydrogen (secondary N) is 1. The van der Waals surface area contributed by atoms with Crippen molar-refractivity contribution in [1.29, 1.82) is 0 Å². The van der Waals surface area contributed by atoms with Gasteiger partial charge < -0.3 is 10.1 Å².